The van der Waals surface area contributed by atoms with Crippen LogP contribution in [0.4, 0.5) is 0 Å². The molecule has 0 aliphatic rings. The van der Waals surface area contributed by atoms with E-state index in [0.29, 0.717) is 6.04 Å². The van der Waals surface area contributed by atoms with Gasteiger partial charge in [-0.3, -0.25) is 4.68 Å². The van der Waals surface area contributed by atoms with Crippen molar-refractivity contribution in [2.75, 3.05) is 13.7 Å². The van der Waals surface area contributed by atoms with Gasteiger partial charge in [-0.25, -0.2) is 0 Å². The van der Waals surface area contributed by atoms with E-state index in [2.05, 4.69) is 54.2 Å². The van der Waals surface area contributed by atoms with Crippen molar-refractivity contribution in [2.24, 2.45) is 0 Å². The van der Waals surface area contributed by atoms with Crippen LogP contribution in [0.25, 0.3) is 0 Å². The summed E-state index contributed by atoms with van der Waals surface area (Å²) in [6.07, 6.45) is 2.86. The van der Waals surface area contributed by atoms with E-state index in [0.717, 1.165) is 24.4 Å². The third-order valence-corrected chi connectivity index (χ3v) is 4.64. The molecule has 0 aliphatic heterocycles. The highest BCUT2D eigenvalue weighted by Crippen LogP contribution is 2.36. The number of aryl methyl sites for hydroxylation is 1. The van der Waals surface area contributed by atoms with Gasteiger partial charge in [0.15, 0.2) is 5.75 Å². The van der Waals surface area contributed by atoms with Crippen LogP contribution in [0.3, 0.4) is 0 Å². The molecule has 2 aromatic rings. The van der Waals surface area contributed by atoms with Crippen LogP contribution in [-0.4, -0.2) is 23.4 Å². The fourth-order valence-electron chi connectivity index (χ4n) is 2.61. The Morgan fingerprint density at radius 2 is 2.14 bits per heavy atom. The van der Waals surface area contributed by atoms with E-state index in [-0.39, 0.29) is 6.04 Å². The molecule has 5 heteroatoms. The van der Waals surface area contributed by atoms with Crippen LogP contribution < -0.4 is 10.1 Å². The minimum absolute atomic E-state index is 0.129. The van der Waals surface area contributed by atoms with E-state index in [1.807, 2.05) is 6.20 Å². The number of methoxy groups -OCH3 is 1. The second kappa shape index (κ2) is 7.09. The van der Waals surface area contributed by atoms with Crippen LogP contribution in [0.2, 0.25) is 0 Å². The average molecular weight is 307 g/mol. The molecule has 0 aliphatic carbocycles. The molecule has 0 bridgehead atoms. The Hall–Kier alpha value is -1.33. The second-order valence-corrected chi connectivity index (χ2v) is 6.24. The molecule has 1 N–H and O–H groups in total. The summed E-state index contributed by atoms with van der Waals surface area (Å²) in [5, 5.41) is 10.3. The van der Waals surface area contributed by atoms with Gasteiger partial charge < -0.3 is 10.1 Å². The number of ether oxygens (including phenoxy) is 1. The lowest BCUT2D eigenvalue weighted by molar-refractivity contribution is 0.394. The maximum Gasteiger partial charge on any atom is 0.161 e. The molecule has 21 heavy (non-hydrogen) atoms. The first-order valence-corrected chi connectivity index (χ1v) is 8.42. The lowest BCUT2D eigenvalue weighted by Gasteiger charge is -2.22. The summed E-state index contributed by atoms with van der Waals surface area (Å²) in [7, 11) is 1.71. The summed E-state index contributed by atoms with van der Waals surface area (Å²) in [5.41, 5.74) is 2.51. The molecule has 1 unspecified atom stereocenters. The van der Waals surface area contributed by atoms with Crippen molar-refractivity contribution in [3.63, 3.8) is 0 Å². The normalized spacial score (nSPS) is 12.9. The summed E-state index contributed by atoms with van der Waals surface area (Å²) in [4.78, 5) is 1.36. The van der Waals surface area contributed by atoms with Crippen molar-refractivity contribution in [2.45, 2.75) is 46.2 Å². The van der Waals surface area contributed by atoms with Gasteiger partial charge in [-0.05, 0) is 43.8 Å². The maximum absolute atomic E-state index is 5.56. The lowest BCUT2D eigenvalue weighted by Crippen LogP contribution is -2.26. The molecule has 0 amide bonds. The van der Waals surface area contributed by atoms with E-state index in [4.69, 9.17) is 4.74 Å². The minimum atomic E-state index is 0.129. The van der Waals surface area contributed by atoms with E-state index in [9.17, 15) is 0 Å². The first kappa shape index (κ1) is 16.0. The molecule has 2 heterocycles. The molecule has 116 valence electrons. The molecule has 4 nitrogen and oxygen atoms in total. The quantitative estimate of drug-likeness (QED) is 0.846. The molecule has 0 fully saturated rings. The van der Waals surface area contributed by atoms with Crippen molar-refractivity contribution >= 4 is 11.3 Å². The van der Waals surface area contributed by atoms with Crippen LogP contribution in [0.15, 0.2) is 17.6 Å². The fourth-order valence-corrected chi connectivity index (χ4v) is 3.68. The Bertz CT molecular complexity index is 574. The maximum atomic E-state index is 5.56. The Kier molecular flexibility index (Phi) is 5.42. The minimum Gasteiger partial charge on any atom is -0.493 e. The number of thiophene rings is 1. The number of nitrogens with one attached hydrogen (secondary N) is 1. The molecule has 0 radical (unpaired) electrons. The molecule has 0 saturated carbocycles. The zero-order valence-electron chi connectivity index (χ0n) is 13.5. The largest absolute Gasteiger partial charge is 0.493 e. The Labute approximate surface area is 131 Å². The third kappa shape index (κ3) is 3.14. The average Bonchev–Trinajstić information content (AvgIpc) is 3.10. The van der Waals surface area contributed by atoms with Gasteiger partial charge in [0.2, 0.25) is 0 Å². The predicted octanol–water partition coefficient (Wildman–Crippen LogP) is 3.80. The molecule has 2 rings (SSSR count). The second-order valence-electron chi connectivity index (χ2n) is 5.29. The Morgan fingerprint density at radius 3 is 2.71 bits per heavy atom. The monoisotopic (exact) mass is 307 g/mol. The summed E-state index contributed by atoms with van der Waals surface area (Å²) in [6, 6.07) is 2.65. The first-order chi connectivity index (χ1) is 10.1. The Morgan fingerprint density at radius 1 is 1.38 bits per heavy atom. The highest BCUT2D eigenvalue weighted by molar-refractivity contribution is 7.10. The van der Waals surface area contributed by atoms with E-state index >= 15 is 0 Å². The summed E-state index contributed by atoms with van der Waals surface area (Å²) in [6.45, 7) is 9.53. The van der Waals surface area contributed by atoms with Crippen LogP contribution in [0.1, 0.15) is 55.9 Å². The fraction of sp³-hybridized carbons (Fsp3) is 0.562. The van der Waals surface area contributed by atoms with Gasteiger partial charge in [0.25, 0.3) is 0 Å². The molecular formula is C16H25N3OS. The van der Waals surface area contributed by atoms with E-state index in [1.54, 1.807) is 18.4 Å². The topological polar surface area (TPSA) is 39.1 Å². The zero-order valence-corrected chi connectivity index (χ0v) is 14.3. The number of aromatic nitrogens is 2. The van der Waals surface area contributed by atoms with Crippen LogP contribution >= 0.6 is 11.3 Å². The highest BCUT2D eigenvalue weighted by Gasteiger charge is 2.26. The van der Waals surface area contributed by atoms with Gasteiger partial charge in [-0.2, -0.15) is 5.10 Å². The van der Waals surface area contributed by atoms with Gasteiger partial charge in [0.05, 0.1) is 19.3 Å². The first-order valence-electron chi connectivity index (χ1n) is 7.54. The van der Waals surface area contributed by atoms with Crippen molar-refractivity contribution in [1.29, 1.82) is 0 Å². The van der Waals surface area contributed by atoms with Gasteiger partial charge in [-0.15, -0.1) is 11.3 Å². The van der Waals surface area contributed by atoms with E-state index < -0.39 is 0 Å². The van der Waals surface area contributed by atoms with E-state index in [1.165, 1.54) is 10.4 Å². The molecular weight excluding hydrogens is 282 g/mol. The smallest absolute Gasteiger partial charge is 0.161 e. The van der Waals surface area contributed by atoms with Gasteiger partial charge in [-0.1, -0.05) is 13.8 Å². The predicted molar refractivity (Wildman–Crippen MR) is 88.4 cm³/mol. The third-order valence-electron chi connectivity index (χ3n) is 3.61. The van der Waals surface area contributed by atoms with Crippen LogP contribution in [-0.2, 0) is 6.42 Å². The molecule has 0 aromatic carbocycles. The van der Waals surface area contributed by atoms with Crippen molar-refractivity contribution in [3.05, 3.63) is 33.8 Å². The van der Waals surface area contributed by atoms with Gasteiger partial charge in [0.1, 0.15) is 5.69 Å². The molecule has 0 saturated heterocycles. The number of rotatable bonds is 7. The number of hydrogen-bond acceptors (Lipinski definition) is 4. The van der Waals surface area contributed by atoms with Gasteiger partial charge in [0, 0.05) is 10.9 Å². The summed E-state index contributed by atoms with van der Waals surface area (Å²) >= 11 is 1.80. The SMILES string of the molecule is CCNC(c1sccc1CC)c1c(OC)cnn1C(C)C. The van der Waals surface area contributed by atoms with Gasteiger partial charge >= 0.3 is 0 Å². The summed E-state index contributed by atoms with van der Waals surface area (Å²) < 4.78 is 7.62. The summed E-state index contributed by atoms with van der Waals surface area (Å²) in [5.74, 6) is 0.852. The standard InChI is InChI=1S/C16H25N3OS/c1-6-12-8-9-21-16(12)14(17-7-2)15-13(20-5)10-18-19(15)11(3)4/h8-11,14,17H,6-7H2,1-5H3. The van der Waals surface area contributed by atoms with Crippen LogP contribution in [0.5, 0.6) is 5.75 Å². The van der Waals surface area contributed by atoms with Crippen molar-refractivity contribution < 1.29 is 4.74 Å². The van der Waals surface area contributed by atoms with Crippen molar-refractivity contribution in [1.82, 2.24) is 15.1 Å². The highest BCUT2D eigenvalue weighted by atomic mass is 32.1. The molecule has 1 atom stereocenters. The lowest BCUT2D eigenvalue weighted by atomic mass is 10.1. The zero-order chi connectivity index (χ0) is 15.4. The van der Waals surface area contributed by atoms with Crippen LogP contribution in [0, 0.1) is 0 Å². The number of hydrogen-bond donors (Lipinski definition) is 1. The molecule has 2 aromatic heterocycles. The molecule has 0 spiro atoms. The Balaban J connectivity index is 2.55. The van der Waals surface area contributed by atoms with Crippen molar-refractivity contribution in [3.8, 4) is 5.75 Å². The number of nitrogens with zero attached hydrogens (tertiary/aromatic N) is 2.